The fourth-order valence-electron chi connectivity index (χ4n) is 1.89. The Balaban J connectivity index is 2.17. The first-order valence-corrected chi connectivity index (χ1v) is 6.75. The first-order valence-electron chi connectivity index (χ1n) is 6.75. The second-order valence-electron chi connectivity index (χ2n) is 4.45. The van der Waals surface area contributed by atoms with Gasteiger partial charge in [-0.25, -0.2) is 4.89 Å². The molecule has 0 radical (unpaired) electrons. The van der Waals surface area contributed by atoms with E-state index < -0.39 is 0 Å². The predicted molar refractivity (Wildman–Crippen MR) is 74.1 cm³/mol. The standard InChI is InChI=1S/C16H22O2/c1-3-5-6-7-8-9-10-15-11-13-16(14-12-15)18-17-4-2/h2,11-14H,3,5-10H2,1H3. The molecule has 1 aromatic rings. The topological polar surface area (TPSA) is 18.5 Å². The SMILES string of the molecule is C#COOc1ccc(CCCCCCCC)cc1. The zero-order chi connectivity index (χ0) is 13.1. The van der Waals surface area contributed by atoms with Gasteiger partial charge in [-0.15, -0.1) is 0 Å². The highest BCUT2D eigenvalue weighted by atomic mass is 17.2. The molecule has 0 aliphatic carbocycles. The first kappa shape index (κ1) is 14.4. The van der Waals surface area contributed by atoms with Crippen LogP contribution in [0, 0.1) is 12.5 Å². The van der Waals surface area contributed by atoms with Crippen LogP contribution in [0.3, 0.4) is 0 Å². The van der Waals surface area contributed by atoms with Crippen LogP contribution in [-0.2, 0) is 11.3 Å². The molecular weight excluding hydrogens is 224 g/mol. The highest BCUT2D eigenvalue weighted by molar-refractivity contribution is 5.26. The number of terminal acetylenes is 1. The van der Waals surface area contributed by atoms with E-state index in [4.69, 9.17) is 11.3 Å². The smallest absolute Gasteiger partial charge is 0.179 e. The van der Waals surface area contributed by atoms with Crippen molar-refractivity contribution < 1.29 is 9.78 Å². The van der Waals surface area contributed by atoms with E-state index in [1.165, 1.54) is 44.1 Å². The van der Waals surface area contributed by atoms with Gasteiger partial charge in [0.05, 0.1) is 0 Å². The maximum Gasteiger partial charge on any atom is 0.179 e. The lowest BCUT2D eigenvalue weighted by Gasteiger charge is -2.03. The van der Waals surface area contributed by atoms with Gasteiger partial charge in [0, 0.05) is 0 Å². The van der Waals surface area contributed by atoms with Gasteiger partial charge in [-0.1, -0.05) is 57.6 Å². The highest BCUT2D eigenvalue weighted by Crippen LogP contribution is 2.15. The van der Waals surface area contributed by atoms with Crippen molar-refractivity contribution >= 4 is 0 Å². The summed E-state index contributed by atoms with van der Waals surface area (Å²) in [7, 11) is 0. The molecule has 0 atom stereocenters. The van der Waals surface area contributed by atoms with Crippen LogP contribution in [0.4, 0.5) is 0 Å². The Morgan fingerprint density at radius 2 is 1.67 bits per heavy atom. The summed E-state index contributed by atoms with van der Waals surface area (Å²) in [5.74, 6) is 0.639. The van der Waals surface area contributed by atoms with E-state index in [-0.39, 0.29) is 0 Å². The zero-order valence-corrected chi connectivity index (χ0v) is 11.2. The molecule has 0 aliphatic heterocycles. The number of hydrogen-bond acceptors (Lipinski definition) is 2. The van der Waals surface area contributed by atoms with E-state index >= 15 is 0 Å². The number of aryl methyl sites for hydroxylation is 1. The molecule has 0 N–H and O–H groups in total. The van der Waals surface area contributed by atoms with Crippen LogP contribution in [-0.4, -0.2) is 0 Å². The third-order valence-electron chi connectivity index (χ3n) is 2.93. The summed E-state index contributed by atoms with van der Waals surface area (Å²) < 4.78 is 0. The summed E-state index contributed by atoms with van der Waals surface area (Å²) >= 11 is 0. The van der Waals surface area contributed by atoms with Crippen molar-refractivity contribution in [3.05, 3.63) is 29.8 Å². The Kier molecular flexibility index (Phi) is 7.55. The minimum atomic E-state index is 0.639. The average molecular weight is 246 g/mol. The van der Waals surface area contributed by atoms with E-state index in [1.54, 1.807) is 0 Å². The summed E-state index contributed by atoms with van der Waals surface area (Å²) in [6, 6.07) is 7.87. The molecule has 0 aliphatic rings. The van der Waals surface area contributed by atoms with Gasteiger partial charge in [0.15, 0.2) is 11.9 Å². The van der Waals surface area contributed by atoms with Crippen molar-refractivity contribution in [3.8, 4) is 18.3 Å². The monoisotopic (exact) mass is 246 g/mol. The predicted octanol–water partition coefficient (Wildman–Crippen LogP) is 4.49. The summed E-state index contributed by atoms with van der Waals surface area (Å²) in [6.45, 7) is 2.24. The van der Waals surface area contributed by atoms with Crippen molar-refractivity contribution in [2.24, 2.45) is 0 Å². The van der Waals surface area contributed by atoms with Crippen LogP contribution in [0.25, 0.3) is 0 Å². The molecule has 0 saturated heterocycles. The fraction of sp³-hybridized carbons (Fsp3) is 0.500. The van der Waals surface area contributed by atoms with E-state index in [0.29, 0.717) is 5.75 Å². The molecule has 2 heteroatoms. The van der Waals surface area contributed by atoms with Crippen LogP contribution >= 0.6 is 0 Å². The van der Waals surface area contributed by atoms with E-state index in [0.717, 1.165) is 6.42 Å². The highest BCUT2D eigenvalue weighted by Gasteiger charge is 1.97. The summed E-state index contributed by atoms with van der Waals surface area (Å²) in [6.07, 6.45) is 16.0. The van der Waals surface area contributed by atoms with Gasteiger partial charge in [-0.2, -0.15) is 0 Å². The molecule has 0 heterocycles. The van der Waals surface area contributed by atoms with Crippen molar-refractivity contribution in [3.63, 3.8) is 0 Å². The van der Waals surface area contributed by atoms with Crippen LogP contribution < -0.4 is 4.89 Å². The number of benzene rings is 1. The van der Waals surface area contributed by atoms with Gasteiger partial charge in [-0.05, 0) is 30.5 Å². The molecule has 0 fully saturated rings. The largest absolute Gasteiger partial charge is 0.281 e. The molecule has 0 spiro atoms. The van der Waals surface area contributed by atoms with E-state index in [1.807, 2.05) is 18.2 Å². The van der Waals surface area contributed by atoms with Gasteiger partial charge in [-0.3, -0.25) is 4.89 Å². The molecule has 0 unspecified atom stereocenters. The molecule has 0 bridgehead atoms. The van der Waals surface area contributed by atoms with E-state index in [2.05, 4.69) is 23.9 Å². The maximum atomic E-state index is 4.92. The van der Waals surface area contributed by atoms with Gasteiger partial charge < -0.3 is 0 Å². The van der Waals surface area contributed by atoms with Crippen molar-refractivity contribution in [1.82, 2.24) is 0 Å². The molecule has 18 heavy (non-hydrogen) atoms. The molecule has 98 valence electrons. The second kappa shape index (κ2) is 9.41. The average Bonchev–Trinajstić information content (AvgIpc) is 2.42. The Bertz CT molecular complexity index is 348. The molecule has 0 aromatic heterocycles. The summed E-state index contributed by atoms with van der Waals surface area (Å²) in [5, 5.41) is 0. The summed E-state index contributed by atoms with van der Waals surface area (Å²) in [4.78, 5) is 9.27. The maximum absolute atomic E-state index is 4.92. The van der Waals surface area contributed by atoms with Gasteiger partial charge in [0.25, 0.3) is 0 Å². The lowest BCUT2D eigenvalue weighted by Crippen LogP contribution is -1.91. The quantitative estimate of drug-likeness (QED) is 0.276. The lowest BCUT2D eigenvalue weighted by atomic mass is 10.1. The van der Waals surface area contributed by atoms with Gasteiger partial charge >= 0.3 is 0 Å². The van der Waals surface area contributed by atoms with Crippen LogP contribution in [0.5, 0.6) is 5.75 Å². The zero-order valence-electron chi connectivity index (χ0n) is 11.2. The van der Waals surface area contributed by atoms with Gasteiger partial charge in [0.2, 0.25) is 0 Å². The fourth-order valence-corrected chi connectivity index (χ4v) is 1.89. The molecular formula is C16H22O2. The third-order valence-corrected chi connectivity index (χ3v) is 2.93. The number of unbranched alkanes of at least 4 members (excludes halogenated alkanes) is 5. The second-order valence-corrected chi connectivity index (χ2v) is 4.45. The Hall–Kier alpha value is -1.62. The minimum Gasteiger partial charge on any atom is -0.281 e. The molecule has 0 saturated carbocycles. The van der Waals surface area contributed by atoms with Crippen LogP contribution in [0.1, 0.15) is 51.0 Å². The Morgan fingerprint density at radius 3 is 2.33 bits per heavy atom. The molecule has 2 nitrogen and oxygen atoms in total. The summed E-state index contributed by atoms with van der Waals surface area (Å²) in [5.41, 5.74) is 1.33. The first-order chi connectivity index (χ1) is 8.86. The van der Waals surface area contributed by atoms with E-state index in [9.17, 15) is 0 Å². The van der Waals surface area contributed by atoms with Crippen molar-refractivity contribution in [2.45, 2.75) is 51.9 Å². The van der Waals surface area contributed by atoms with Crippen LogP contribution in [0.2, 0.25) is 0 Å². The number of rotatable bonds is 9. The lowest BCUT2D eigenvalue weighted by molar-refractivity contribution is -0.133. The molecule has 1 aromatic carbocycles. The number of hydrogen-bond donors (Lipinski definition) is 0. The van der Waals surface area contributed by atoms with Crippen molar-refractivity contribution in [1.29, 1.82) is 0 Å². The Labute approximate surface area is 110 Å². The van der Waals surface area contributed by atoms with Crippen LogP contribution in [0.15, 0.2) is 24.3 Å². The third kappa shape index (κ3) is 6.20. The minimum absolute atomic E-state index is 0.639. The molecule has 0 amide bonds. The normalized spacial score (nSPS) is 9.78. The van der Waals surface area contributed by atoms with Crippen molar-refractivity contribution in [2.75, 3.05) is 0 Å². The van der Waals surface area contributed by atoms with Gasteiger partial charge in [0.1, 0.15) is 0 Å². The Morgan fingerprint density at radius 1 is 1.00 bits per heavy atom. The molecule has 1 rings (SSSR count).